The maximum Gasteiger partial charge on any atom is 0.434 e. The molecule has 0 radical (unpaired) electrons. The van der Waals surface area contributed by atoms with Crippen LogP contribution in [-0.4, -0.2) is 24.4 Å². The Hall–Kier alpha value is -2.24. The molecule has 1 heterocycles. The van der Waals surface area contributed by atoms with E-state index in [1.165, 1.54) is 14.2 Å². The summed E-state index contributed by atoms with van der Waals surface area (Å²) < 4.78 is 15.2. The molecule has 0 fully saturated rings. The van der Waals surface area contributed by atoms with Crippen molar-refractivity contribution in [3.63, 3.8) is 0 Å². The number of aromatic nitrogens is 2. The summed E-state index contributed by atoms with van der Waals surface area (Å²) in [6, 6.07) is 5.22. The third-order valence-electron chi connectivity index (χ3n) is 2.07. The molecule has 1 aromatic heterocycles. The van der Waals surface area contributed by atoms with E-state index >= 15 is 0 Å². The molecule has 0 unspecified atom stereocenters. The maximum atomic E-state index is 10.9. The van der Waals surface area contributed by atoms with Crippen molar-refractivity contribution in [1.29, 1.82) is 0 Å². The van der Waals surface area contributed by atoms with Crippen LogP contribution < -0.4 is 15.2 Å². The van der Waals surface area contributed by atoms with Crippen LogP contribution in [0.1, 0.15) is 0 Å². The SMILES string of the molecule is COc1cccc(-c2n[nH]c(=O)o2)c1OC. The number of aromatic amines is 1. The van der Waals surface area contributed by atoms with Crippen LogP contribution in [0.25, 0.3) is 11.5 Å². The second-order valence-electron chi connectivity index (χ2n) is 2.96. The van der Waals surface area contributed by atoms with E-state index < -0.39 is 5.76 Å². The molecule has 0 saturated heterocycles. The van der Waals surface area contributed by atoms with E-state index in [0.717, 1.165) is 0 Å². The Bertz CT molecular complexity index is 544. The Morgan fingerprint density at radius 2 is 2.12 bits per heavy atom. The average Bonchev–Trinajstić information content (AvgIpc) is 2.74. The number of methoxy groups -OCH3 is 2. The molecule has 6 nitrogen and oxygen atoms in total. The number of para-hydroxylation sites is 1. The summed E-state index contributed by atoms with van der Waals surface area (Å²) in [5.41, 5.74) is 0.556. The van der Waals surface area contributed by atoms with E-state index in [1.54, 1.807) is 18.2 Å². The van der Waals surface area contributed by atoms with Gasteiger partial charge >= 0.3 is 5.76 Å². The lowest BCUT2D eigenvalue weighted by Gasteiger charge is -2.09. The van der Waals surface area contributed by atoms with Gasteiger partial charge < -0.3 is 13.9 Å². The van der Waals surface area contributed by atoms with Crippen LogP contribution in [0.2, 0.25) is 0 Å². The highest BCUT2D eigenvalue weighted by molar-refractivity contribution is 5.67. The number of ether oxygens (including phenoxy) is 2. The van der Waals surface area contributed by atoms with Crippen molar-refractivity contribution in [1.82, 2.24) is 10.2 Å². The van der Waals surface area contributed by atoms with Gasteiger partial charge in [0.25, 0.3) is 5.89 Å². The summed E-state index contributed by atoms with van der Waals surface area (Å²) in [5.74, 6) is 0.575. The topological polar surface area (TPSA) is 77.4 Å². The van der Waals surface area contributed by atoms with E-state index in [0.29, 0.717) is 17.1 Å². The molecule has 1 N–H and O–H groups in total. The molecule has 6 heteroatoms. The predicted octanol–water partition coefficient (Wildman–Crippen LogP) is 1.05. The average molecular weight is 222 g/mol. The smallest absolute Gasteiger partial charge is 0.434 e. The summed E-state index contributed by atoms with van der Waals surface area (Å²) in [6.45, 7) is 0. The molecule has 0 spiro atoms. The minimum absolute atomic E-state index is 0.167. The molecule has 0 bridgehead atoms. The van der Waals surface area contributed by atoms with Gasteiger partial charge in [-0.3, -0.25) is 0 Å². The van der Waals surface area contributed by atoms with Crippen molar-refractivity contribution < 1.29 is 13.9 Å². The summed E-state index contributed by atoms with van der Waals surface area (Å²) in [4.78, 5) is 10.9. The zero-order valence-corrected chi connectivity index (χ0v) is 8.81. The lowest BCUT2D eigenvalue weighted by atomic mass is 10.2. The summed E-state index contributed by atoms with van der Waals surface area (Å²) in [6.07, 6.45) is 0. The number of hydrogen-bond donors (Lipinski definition) is 1. The largest absolute Gasteiger partial charge is 0.493 e. The number of nitrogens with one attached hydrogen (secondary N) is 1. The molecule has 2 rings (SSSR count). The van der Waals surface area contributed by atoms with Crippen LogP contribution in [0, 0.1) is 0 Å². The van der Waals surface area contributed by atoms with Crippen molar-refractivity contribution in [2.45, 2.75) is 0 Å². The number of hydrogen-bond acceptors (Lipinski definition) is 5. The van der Waals surface area contributed by atoms with Gasteiger partial charge in [0.05, 0.1) is 19.8 Å². The summed E-state index contributed by atoms with van der Waals surface area (Å²) in [7, 11) is 3.04. The van der Waals surface area contributed by atoms with Gasteiger partial charge in [-0.2, -0.15) is 0 Å². The fraction of sp³-hybridized carbons (Fsp3) is 0.200. The molecule has 0 aliphatic carbocycles. The third kappa shape index (κ3) is 1.65. The highest BCUT2D eigenvalue weighted by Crippen LogP contribution is 2.36. The van der Waals surface area contributed by atoms with Gasteiger partial charge in [0, 0.05) is 0 Å². The molecule has 84 valence electrons. The highest BCUT2D eigenvalue weighted by atomic mass is 16.5. The van der Waals surface area contributed by atoms with E-state index in [9.17, 15) is 4.79 Å². The molecular formula is C10H10N2O4. The Kier molecular flexibility index (Phi) is 2.63. The Morgan fingerprint density at radius 1 is 1.31 bits per heavy atom. The molecule has 16 heavy (non-hydrogen) atoms. The molecule has 0 amide bonds. The second-order valence-corrected chi connectivity index (χ2v) is 2.96. The van der Waals surface area contributed by atoms with Gasteiger partial charge in [0.2, 0.25) is 0 Å². The van der Waals surface area contributed by atoms with E-state index in [1.807, 2.05) is 0 Å². The lowest BCUT2D eigenvalue weighted by molar-refractivity contribution is 0.355. The zero-order chi connectivity index (χ0) is 11.5. The molecule has 0 aliphatic heterocycles. The van der Waals surface area contributed by atoms with Gasteiger partial charge in [0.1, 0.15) is 0 Å². The first kappa shape index (κ1) is 10.3. The van der Waals surface area contributed by atoms with Crippen molar-refractivity contribution in [3.05, 3.63) is 28.7 Å². The first-order valence-electron chi connectivity index (χ1n) is 4.53. The maximum absolute atomic E-state index is 10.9. The van der Waals surface area contributed by atoms with E-state index in [2.05, 4.69) is 10.2 Å². The van der Waals surface area contributed by atoms with Gasteiger partial charge in [-0.25, -0.2) is 9.89 Å². The monoisotopic (exact) mass is 222 g/mol. The lowest BCUT2D eigenvalue weighted by Crippen LogP contribution is -1.94. The highest BCUT2D eigenvalue weighted by Gasteiger charge is 2.15. The van der Waals surface area contributed by atoms with Gasteiger partial charge in [-0.1, -0.05) is 6.07 Å². The Morgan fingerprint density at radius 3 is 2.69 bits per heavy atom. The first-order valence-corrected chi connectivity index (χ1v) is 4.53. The molecule has 2 aromatic rings. The van der Waals surface area contributed by atoms with Gasteiger partial charge in [0.15, 0.2) is 11.5 Å². The molecule has 0 saturated carbocycles. The van der Waals surface area contributed by atoms with Crippen LogP contribution in [0.5, 0.6) is 11.5 Å². The summed E-state index contributed by atoms with van der Waals surface area (Å²) >= 11 is 0. The number of H-pyrrole nitrogens is 1. The first-order chi connectivity index (χ1) is 7.76. The minimum atomic E-state index is -0.611. The van der Waals surface area contributed by atoms with Gasteiger partial charge in [-0.05, 0) is 12.1 Å². The number of benzene rings is 1. The predicted molar refractivity (Wildman–Crippen MR) is 55.7 cm³/mol. The quantitative estimate of drug-likeness (QED) is 0.839. The fourth-order valence-electron chi connectivity index (χ4n) is 1.40. The second kappa shape index (κ2) is 4.09. The van der Waals surface area contributed by atoms with E-state index in [-0.39, 0.29) is 5.89 Å². The van der Waals surface area contributed by atoms with Crippen LogP contribution in [0.15, 0.2) is 27.4 Å². The molecular weight excluding hydrogens is 212 g/mol. The molecule has 0 aliphatic rings. The Balaban J connectivity index is 2.60. The van der Waals surface area contributed by atoms with Crippen LogP contribution >= 0.6 is 0 Å². The van der Waals surface area contributed by atoms with Crippen LogP contribution in [0.3, 0.4) is 0 Å². The Labute approximate surface area is 90.8 Å². The minimum Gasteiger partial charge on any atom is -0.493 e. The van der Waals surface area contributed by atoms with E-state index in [4.69, 9.17) is 13.9 Å². The van der Waals surface area contributed by atoms with Crippen LogP contribution in [0.4, 0.5) is 0 Å². The fourth-order valence-corrected chi connectivity index (χ4v) is 1.40. The van der Waals surface area contributed by atoms with Crippen LogP contribution in [-0.2, 0) is 0 Å². The normalized spacial score (nSPS) is 10.1. The number of rotatable bonds is 3. The molecule has 0 atom stereocenters. The summed E-state index contributed by atoms with van der Waals surface area (Å²) in [5, 5.41) is 5.92. The van der Waals surface area contributed by atoms with Gasteiger partial charge in [-0.15, -0.1) is 5.10 Å². The number of nitrogens with zero attached hydrogens (tertiary/aromatic N) is 1. The molecule has 1 aromatic carbocycles. The zero-order valence-electron chi connectivity index (χ0n) is 8.81. The van der Waals surface area contributed by atoms with Crippen molar-refractivity contribution >= 4 is 0 Å². The third-order valence-corrected chi connectivity index (χ3v) is 2.07. The van der Waals surface area contributed by atoms with Crippen molar-refractivity contribution in [2.75, 3.05) is 14.2 Å². The standard InChI is InChI=1S/C10H10N2O4/c1-14-7-5-3-4-6(8(7)15-2)9-11-12-10(13)16-9/h3-5H,1-2H3,(H,12,13). The van der Waals surface area contributed by atoms with Crippen molar-refractivity contribution in [3.8, 4) is 23.0 Å². The van der Waals surface area contributed by atoms with Crippen molar-refractivity contribution in [2.24, 2.45) is 0 Å².